The molecule has 0 saturated heterocycles. The third-order valence-corrected chi connectivity index (χ3v) is 3.76. The maximum Gasteiger partial charge on any atom is 0.253 e. The van der Waals surface area contributed by atoms with Gasteiger partial charge in [0.15, 0.2) is 6.10 Å². The highest BCUT2D eigenvalue weighted by molar-refractivity contribution is 5.82. The van der Waals surface area contributed by atoms with Gasteiger partial charge in [0.1, 0.15) is 5.75 Å². The Labute approximate surface area is 137 Å². The maximum atomic E-state index is 12.3. The minimum Gasteiger partial charge on any atom is -0.497 e. The number of rotatable bonds is 5. The van der Waals surface area contributed by atoms with Crippen molar-refractivity contribution in [3.8, 4) is 5.75 Å². The van der Waals surface area contributed by atoms with Crippen molar-refractivity contribution in [1.29, 1.82) is 0 Å². The van der Waals surface area contributed by atoms with Crippen LogP contribution in [0.15, 0.2) is 42.5 Å². The summed E-state index contributed by atoms with van der Waals surface area (Å²) < 4.78 is 5.12. The summed E-state index contributed by atoms with van der Waals surface area (Å²) in [5.74, 6) is 0.182. The molecule has 2 aromatic rings. The van der Waals surface area contributed by atoms with Crippen LogP contribution in [-0.4, -0.2) is 18.1 Å². The van der Waals surface area contributed by atoms with E-state index in [2.05, 4.69) is 11.4 Å². The highest BCUT2D eigenvalue weighted by Crippen LogP contribution is 2.21. The Morgan fingerprint density at radius 1 is 1.09 bits per heavy atom. The van der Waals surface area contributed by atoms with Gasteiger partial charge in [-0.25, -0.2) is 0 Å². The molecule has 23 heavy (non-hydrogen) atoms. The van der Waals surface area contributed by atoms with Gasteiger partial charge < -0.3 is 15.2 Å². The second-order valence-corrected chi connectivity index (χ2v) is 5.83. The number of ether oxygens (including phenoxy) is 1. The molecule has 0 saturated carbocycles. The summed E-state index contributed by atoms with van der Waals surface area (Å²) in [5.41, 5.74) is 3.83. The lowest BCUT2D eigenvalue weighted by atomic mass is 10.0. The molecule has 2 unspecified atom stereocenters. The fraction of sp³-hybridized carbons (Fsp3) is 0.316. The van der Waals surface area contributed by atoms with Crippen LogP contribution in [0.3, 0.4) is 0 Å². The largest absolute Gasteiger partial charge is 0.497 e. The predicted molar refractivity (Wildman–Crippen MR) is 90.4 cm³/mol. The van der Waals surface area contributed by atoms with Crippen LogP contribution in [0.2, 0.25) is 0 Å². The van der Waals surface area contributed by atoms with Crippen molar-refractivity contribution < 1.29 is 14.6 Å². The van der Waals surface area contributed by atoms with E-state index in [1.165, 1.54) is 0 Å². The van der Waals surface area contributed by atoms with E-state index >= 15 is 0 Å². The highest BCUT2D eigenvalue weighted by atomic mass is 16.5. The van der Waals surface area contributed by atoms with E-state index in [4.69, 9.17) is 4.74 Å². The Balaban J connectivity index is 2.10. The van der Waals surface area contributed by atoms with Gasteiger partial charge in [0.25, 0.3) is 5.91 Å². The molecule has 1 amide bonds. The van der Waals surface area contributed by atoms with Gasteiger partial charge in [-0.1, -0.05) is 41.5 Å². The smallest absolute Gasteiger partial charge is 0.253 e. The molecule has 2 aromatic carbocycles. The highest BCUT2D eigenvalue weighted by Gasteiger charge is 2.20. The number of hydrogen-bond donors (Lipinski definition) is 2. The molecule has 4 nitrogen and oxygen atoms in total. The molecule has 4 heteroatoms. The monoisotopic (exact) mass is 313 g/mol. The summed E-state index contributed by atoms with van der Waals surface area (Å²) >= 11 is 0. The quantitative estimate of drug-likeness (QED) is 0.891. The zero-order valence-electron chi connectivity index (χ0n) is 14.0. The SMILES string of the molecule is COc1cccc(C(O)C(=O)NC(C)c2cc(C)cc(C)c2)c1. The first kappa shape index (κ1) is 17.0. The lowest BCUT2D eigenvalue weighted by molar-refractivity contribution is -0.130. The lowest BCUT2D eigenvalue weighted by Gasteiger charge is -2.19. The van der Waals surface area contributed by atoms with Gasteiger partial charge in [-0.2, -0.15) is 0 Å². The second-order valence-electron chi connectivity index (χ2n) is 5.83. The van der Waals surface area contributed by atoms with Gasteiger partial charge in [0.05, 0.1) is 13.2 Å². The lowest BCUT2D eigenvalue weighted by Crippen LogP contribution is -2.31. The van der Waals surface area contributed by atoms with E-state index in [0.717, 1.165) is 16.7 Å². The van der Waals surface area contributed by atoms with Crippen LogP contribution in [-0.2, 0) is 4.79 Å². The molecule has 122 valence electrons. The van der Waals surface area contributed by atoms with Gasteiger partial charge in [-0.15, -0.1) is 0 Å². The standard InChI is InChI=1S/C19H23NO3/c1-12-8-13(2)10-16(9-12)14(3)20-19(22)18(21)15-6-5-7-17(11-15)23-4/h5-11,14,18,21H,1-4H3,(H,20,22). The maximum absolute atomic E-state index is 12.3. The third kappa shape index (κ3) is 4.33. The van der Waals surface area contributed by atoms with Crippen LogP contribution in [0.5, 0.6) is 5.75 Å². The van der Waals surface area contributed by atoms with Gasteiger partial charge in [0.2, 0.25) is 0 Å². The Bertz CT molecular complexity index is 677. The van der Waals surface area contributed by atoms with Gasteiger partial charge >= 0.3 is 0 Å². The molecule has 2 rings (SSSR count). The minimum absolute atomic E-state index is 0.179. The predicted octanol–water partition coefficient (Wildman–Crippen LogP) is 3.22. The van der Waals surface area contributed by atoms with E-state index in [9.17, 15) is 9.90 Å². The summed E-state index contributed by atoms with van der Waals surface area (Å²) in [5, 5.41) is 13.1. The van der Waals surface area contributed by atoms with Crippen molar-refractivity contribution in [3.05, 3.63) is 64.7 Å². The number of nitrogens with one attached hydrogen (secondary N) is 1. The molecule has 0 aromatic heterocycles. The first-order chi connectivity index (χ1) is 10.9. The number of carbonyl (C=O) groups excluding carboxylic acids is 1. The van der Waals surface area contributed by atoms with Crippen LogP contribution in [0.1, 0.15) is 41.3 Å². The topological polar surface area (TPSA) is 58.6 Å². The molecule has 0 aliphatic carbocycles. The number of aliphatic hydroxyl groups excluding tert-OH is 1. The van der Waals surface area contributed by atoms with Gasteiger partial charge in [0, 0.05) is 0 Å². The first-order valence-electron chi connectivity index (χ1n) is 7.61. The molecule has 2 atom stereocenters. The molecular weight excluding hydrogens is 290 g/mol. The van der Waals surface area contributed by atoms with Crippen LogP contribution >= 0.6 is 0 Å². The van der Waals surface area contributed by atoms with Crippen LogP contribution < -0.4 is 10.1 Å². The number of benzene rings is 2. The zero-order chi connectivity index (χ0) is 17.0. The molecule has 0 bridgehead atoms. The molecule has 0 aliphatic heterocycles. The number of aliphatic hydroxyl groups is 1. The summed E-state index contributed by atoms with van der Waals surface area (Å²) in [6, 6.07) is 12.9. The Kier molecular flexibility index (Phi) is 5.40. The van der Waals surface area contributed by atoms with Crippen molar-refractivity contribution in [1.82, 2.24) is 5.32 Å². The van der Waals surface area contributed by atoms with Gasteiger partial charge in [-0.3, -0.25) is 4.79 Å². The Morgan fingerprint density at radius 3 is 2.35 bits per heavy atom. The van der Waals surface area contributed by atoms with Crippen LogP contribution in [0, 0.1) is 13.8 Å². The molecule has 0 heterocycles. The van der Waals surface area contributed by atoms with E-state index in [0.29, 0.717) is 11.3 Å². The number of methoxy groups -OCH3 is 1. The van der Waals surface area contributed by atoms with Crippen molar-refractivity contribution >= 4 is 5.91 Å². The summed E-state index contributed by atoms with van der Waals surface area (Å²) in [6.07, 6.45) is -1.22. The third-order valence-electron chi connectivity index (χ3n) is 3.76. The summed E-state index contributed by atoms with van der Waals surface area (Å²) in [4.78, 5) is 12.3. The van der Waals surface area contributed by atoms with Crippen molar-refractivity contribution in [2.75, 3.05) is 7.11 Å². The fourth-order valence-electron chi connectivity index (χ4n) is 2.60. The second kappa shape index (κ2) is 7.29. The summed E-state index contributed by atoms with van der Waals surface area (Å²) in [6.45, 7) is 5.96. The average molecular weight is 313 g/mol. The van der Waals surface area contributed by atoms with E-state index < -0.39 is 12.0 Å². The normalized spacial score (nSPS) is 13.3. The molecule has 0 aliphatic rings. The first-order valence-corrected chi connectivity index (χ1v) is 7.61. The number of amides is 1. The average Bonchev–Trinajstić information content (AvgIpc) is 2.53. The van der Waals surface area contributed by atoms with E-state index in [-0.39, 0.29) is 6.04 Å². The van der Waals surface area contributed by atoms with Crippen LogP contribution in [0.4, 0.5) is 0 Å². The van der Waals surface area contributed by atoms with Crippen LogP contribution in [0.25, 0.3) is 0 Å². The zero-order valence-corrected chi connectivity index (χ0v) is 14.0. The number of aryl methyl sites for hydroxylation is 2. The Hall–Kier alpha value is -2.33. The van der Waals surface area contributed by atoms with Crippen molar-refractivity contribution in [3.63, 3.8) is 0 Å². The molecule has 2 N–H and O–H groups in total. The van der Waals surface area contributed by atoms with Crippen molar-refractivity contribution in [2.45, 2.75) is 32.9 Å². The number of hydrogen-bond acceptors (Lipinski definition) is 3. The Morgan fingerprint density at radius 2 is 1.74 bits per heavy atom. The minimum atomic E-state index is -1.22. The molecule has 0 spiro atoms. The number of carbonyl (C=O) groups is 1. The van der Waals surface area contributed by atoms with E-state index in [1.54, 1.807) is 31.4 Å². The van der Waals surface area contributed by atoms with Crippen molar-refractivity contribution in [2.24, 2.45) is 0 Å². The fourth-order valence-corrected chi connectivity index (χ4v) is 2.60. The summed E-state index contributed by atoms with van der Waals surface area (Å²) in [7, 11) is 1.55. The van der Waals surface area contributed by atoms with Gasteiger partial charge in [-0.05, 0) is 44.0 Å². The molecule has 0 fully saturated rings. The van der Waals surface area contributed by atoms with E-state index in [1.807, 2.05) is 32.9 Å². The molecule has 0 radical (unpaired) electrons. The molecular formula is C19H23NO3.